The summed E-state index contributed by atoms with van der Waals surface area (Å²) < 4.78 is 1.21. The zero-order valence-corrected chi connectivity index (χ0v) is 14.5. The molecular weight excluding hydrogens is 306 g/mol. The van der Waals surface area contributed by atoms with Gasteiger partial charge in [-0.2, -0.15) is 0 Å². The third kappa shape index (κ3) is 3.37. The number of carbonyl (C=O) groups is 2. The Morgan fingerprint density at radius 3 is 2.48 bits per heavy atom. The van der Waals surface area contributed by atoms with Crippen LogP contribution in [0.2, 0.25) is 0 Å². The number of nitrogens with one attached hydrogen (secondary N) is 1. The van der Waals surface area contributed by atoms with Gasteiger partial charge in [-0.15, -0.1) is 11.3 Å². The van der Waals surface area contributed by atoms with E-state index in [1.165, 1.54) is 10.1 Å². The van der Waals surface area contributed by atoms with Crippen molar-refractivity contribution in [2.45, 2.75) is 45.1 Å². The van der Waals surface area contributed by atoms with Gasteiger partial charge in [0, 0.05) is 29.3 Å². The first-order chi connectivity index (χ1) is 10.8. The molecule has 0 spiro atoms. The molecule has 1 aromatic heterocycles. The summed E-state index contributed by atoms with van der Waals surface area (Å²) in [5.74, 6) is -0.134. The summed E-state index contributed by atoms with van der Waals surface area (Å²) in [5, 5.41) is 6.36. The minimum atomic E-state index is -0.160. The zero-order chi connectivity index (χ0) is 16.6. The van der Waals surface area contributed by atoms with Crippen LogP contribution in [-0.4, -0.2) is 17.1 Å². The second-order valence-corrected chi connectivity index (χ2v) is 8.03. The predicted octanol–water partition coefficient (Wildman–Crippen LogP) is 4.19. The highest BCUT2D eigenvalue weighted by Gasteiger charge is 2.32. The molecule has 0 unspecified atom stereocenters. The summed E-state index contributed by atoms with van der Waals surface area (Å²) in [6.45, 7) is 6.01. The van der Waals surface area contributed by atoms with E-state index in [2.05, 4.69) is 22.8 Å². The molecule has 3 nitrogen and oxygen atoms in total. The molecule has 0 amide bonds. The monoisotopic (exact) mass is 327 g/mol. The van der Waals surface area contributed by atoms with Gasteiger partial charge in [-0.3, -0.25) is 9.59 Å². The van der Waals surface area contributed by atoms with Crippen molar-refractivity contribution in [2.24, 2.45) is 0 Å². The number of allylic oxidation sites excluding steroid dienone is 1. The Morgan fingerprint density at radius 2 is 1.83 bits per heavy atom. The first-order valence-electron chi connectivity index (χ1n) is 7.85. The van der Waals surface area contributed by atoms with Gasteiger partial charge in [0.05, 0.1) is 5.57 Å². The molecule has 2 aromatic rings. The molecule has 0 bridgehead atoms. The maximum absolute atomic E-state index is 12.5. The number of rotatable bonds is 2. The number of ketones is 2. The molecule has 1 aliphatic rings. The Balaban J connectivity index is 1.86. The summed E-state index contributed by atoms with van der Waals surface area (Å²) in [6.07, 6.45) is 2.41. The number of fused-ring (bicyclic) bond motifs is 1. The molecule has 1 aliphatic carbocycles. The van der Waals surface area contributed by atoms with Crippen LogP contribution in [0.25, 0.3) is 10.1 Å². The first kappa shape index (κ1) is 15.9. The van der Waals surface area contributed by atoms with Gasteiger partial charge in [-0.1, -0.05) is 12.1 Å². The Kier molecular flexibility index (Phi) is 4.11. The minimum Gasteiger partial charge on any atom is -0.386 e. The van der Waals surface area contributed by atoms with Crippen LogP contribution in [0.3, 0.4) is 0 Å². The van der Waals surface area contributed by atoms with Crippen LogP contribution in [-0.2, 0) is 9.59 Å². The molecular formula is C19H21NO2S. The van der Waals surface area contributed by atoms with E-state index in [-0.39, 0.29) is 23.0 Å². The molecule has 1 saturated carbocycles. The summed E-state index contributed by atoms with van der Waals surface area (Å²) in [6, 6.07) is 8.21. The topological polar surface area (TPSA) is 46.2 Å². The van der Waals surface area contributed by atoms with Crippen molar-refractivity contribution < 1.29 is 9.59 Å². The van der Waals surface area contributed by atoms with Crippen LogP contribution in [0.4, 0.5) is 0 Å². The van der Waals surface area contributed by atoms with E-state index in [1.807, 2.05) is 32.9 Å². The third-order valence-corrected chi connectivity index (χ3v) is 4.97. The van der Waals surface area contributed by atoms with Crippen LogP contribution in [0, 0.1) is 0 Å². The lowest BCUT2D eigenvalue weighted by atomic mass is 9.79. The van der Waals surface area contributed by atoms with Crippen molar-refractivity contribution in [3.05, 3.63) is 47.0 Å². The molecule has 3 rings (SSSR count). The second kappa shape index (κ2) is 5.93. The minimum absolute atomic E-state index is 0.0138. The normalized spacial score (nSPS) is 19.3. The molecule has 0 saturated heterocycles. The molecule has 4 heteroatoms. The highest BCUT2D eigenvalue weighted by Crippen LogP contribution is 2.36. The lowest BCUT2D eigenvalue weighted by Gasteiger charge is -2.25. The molecule has 23 heavy (non-hydrogen) atoms. The van der Waals surface area contributed by atoms with Crippen molar-refractivity contribution in [3.63, 3.8) is 0 Å². The Morgan fingerprint density at radius 1 is 1.13 bits per heavy atom. The van der Waals surface area contributed by atoms with Gasteiger partial charge in [0.1, 0.15) is 0 Å². The van der Waals surface area contributed by atoms with E-state index in [9.17, 15) is 9.59 Å². The number of benzene rings is 1. The summed E-state index contributed by atoms with van der Waals surface area (Å²) >= 11 is 1.69. The van der Waals surface area contributed by atoms with Crippen molar-refractivity contribution >= 4 is 33.0 Å². The van der Waals surface area contributed by atoms with Crippen LogP contribution >= 0.6 is 11.3 Å². The predicted molar refractivity (Wildman–Crippen MR) is 94.8 cm³/mol. The Hall–Kier alpha value is -1.94. The summed E-state index contributed by atoms with van der Waals surface area (Å²) in [4.78, 5) is 24.9. The zero-order valence-electron chi connectivity index (χ0n) is 13.7. The molecule has 0 atom stereocenters. The van der Waals surface area contributed by atoms with Crippen LogP contribution in [0.1, 0.15) is 45.1 Å². The highest BCUT2D eigenvalue weighted by atomic mass is 32.1. The lowest BCUT2D eigenvalue weighted by Crippen LogP contribution is -2.34. The van der Waals surface area contributed by atoms with Crippen LogP contribution < -0.4 is 5.32 Å². The van der Waals surface area contributed by atoms with E-state index in [0.29, 0.717) is 18.4 Å². The van der Waals surface area contributed by atoms with Gasteiger partial charge in [-0.05, 0) is 55.2 Å². The number of thiophene rings is 1. The fraction of sp³-hybridized carbons (Fsp3) is 0.368. The standard InChI is InChI=1S/C19H21NO2S/c1-19(2,3)20-11-15-16(21)9-12(10-17(15)22)13-5-4-6-18-14(13)7-8-23-18/h4-8,11-12,20H,9-10H2,1-3H3. The fourth-order valence-corrected chi connectivity index (χ4v) is 3.76. The van der Waals surface area contributed by atoms with Crippen LogP contribution in [0.15, 0.2) is 41.4 Å². The third-order valence-electron chi connectivity index (χ3n) is 4.08. The van der Waals surface area contributed by atoms with Gasteiger partial charge in [0.15, 0.2) is 11.6 Å². The van der Waals surface area contributed by atoms with E-state index in [4.69, 9.17) is 0 Å². The molecule has 0 aliphatic heterocycles. The summed E-state index contributed by atoms with van der Waals surface area (Å²) in [5.41, 5.74) is 1.27. The Labute approximate surface area is 140 Å². The van der Waals surface area contributed by atoms with E-state index in [1.54, 1.807) is 17.5 Å². The van der Waals surface area contributed by atoms with Gasteiger partial charge in [0.2, 0.25) is 0 Å². The SMILES string of the molecule is CC(C)(C)NC=C1C(=O)CC(c2cccc3sccc23)CC1=O. The fourth-order valence-electron chi connectivity index (χ4n) is 2.94. The van der Waals surface area contributed by atoms with E-state index in [0.717, 1.165) is 5.56 Å². The quantitative estimate of drug-likeness (QED) is 0.664. The largest absolute Gasteiger partial charge is 0.386 e. The molecule has 1 heterocycles. The number of carbonyl (C=O) groups excluding carboxylic acids is 2. The molecule has 0 radical (unpaired) electrons. The average molecular weight is 327 g/mol. The van der Waals surface area contributed by atoms with Gasteiger partial charge in [-0.25, -0.2) is 0 Å². The van der Waals surface area contributed by atoms with Gasteiger partial charge in [0.25, 0.3) is 0 Å². The van der Waals surface area contributed by atoms with Crippen molar-refractivity contribution in [3.8, 4) is 0 Å². The van der Waals surface area contributed by atoms with Crippen molar-refractivity contribution in [1.29, 1.82) is 0 Å². The average Bonchev–Trinajstić information content (AvgIpc) is 2.93. The van der Waals surface area contributed by atoms with Crippen molar-refractivity contribution in [2.75, 3.05) is 0 Å². The molecule has 120 valence electrons. The number of hydrogen-bond acceptors (Lipinski definition) is 4. The van der Waals surface area contributed by atoms with Crippen molar-refractivity contribution in [1.82, 2.24) is 5.32 Å². The van der Waals surface area contributed by atoms with Crippen LogP contribution in [0.5, 0.6) is 0 Å². The molecule has 1 aromatic carbocycles. The second-order valence-electron chi connectivity index (χ2n) is 7.08. The number of hydrogen-bond donors (Lipinski definition) is 1. The smallest absolute Gasteiger partial charge is 0.168 e. The lowest BCUT2D eigenvalue weighted by molar-refractivity contribution is -0.124. The number of Topliss-reactive ketones (excluding diaryl/α,β-unsaturated/α-hetero) is 2. The molecule has 1 fully saturated rings. The van der Waals surface area contributed by atoms with Gasteiger partial charge >= 0.3 is 0 Å². The maximum Gasteiger partial charge on any atom is 0.168 e. The highest BCUT2D eigenvalue weighted by molar-refractivity contribution is 7.17. The summed E-state index contributed by atoms with van der Waals surface area (Å²) in [7, 11) is 0. The molecule has 1 N–H and O–H groups in total. The van der Waals surface area contributed by atoms with E-state index < -0.39 is 0 Å². The Bertz CT molecular complexity index is 775. The maximum atomic E-state index is 12.5. The van der Waals surface area contributed by atoms with Gasteiger partial charge < -0.3 is 5.32 Å². The van der Waals surface area contributed by atoms with E-state index >= 15 is 0 Å². The first-order valence-corrected chi connectivity index (χ1v) is 8.73.